The number of nitrogens with zero attached hydrogens (tertiary/aromatic N) is 2. The molecule has 0 saturated carbocycles. The van der Waals surface area contributed by atoms with Gasteiger partial charge in [0.05, 0.1) is 11.6 Å². The van der Waals surface area contributed by atoms with Gasteiger partial charge in [0.1, 0.15) is 5.01 Å². The van der Waals surface area contributed by atoms with Crippen molar-refractivity contribution in [1.29, 1.82) is 0 Å². The highest BCUT2D eigenvalue weighted by Crippen LogP contribution is 2.29. The minimum Gasteiger partial charge on any atom is -0.308 e. The maximum absolute atomic E-state index is 13.6. The Bertz CT molecular complexity index is 557. The van der Waals surface area contributed by atoms with E-state index in [2.05, 4.69) is 22.4 Å². The fraction of sp³-hybridized carbons (Fsp3) is 0.385. The van der Waals surface area contributed by atoms with Crippen LogP contribution in [0.25, 0.3) is 10.6 Å². The van der Waals surface area contributed by atoms with Crippen LogP contribution in [0.1, 0.15) is 31.3 Å². The number of halogens is 2. The summed E-state index contributed by atoms with van der Waals surface area (Å²) in [7, 11) is 0. The first-order valence-electron chi connectivity index (χ1n) is 6.14. The molecule has 0 aliphatic heterocycles. The number of aromatic nitrogens is 2. The second kappa shape index (κ2) is 6.16. The van der Waals surface area contributed by atoms with Gasteiger partial charge in [0.2, 0.25) is 0 Å². The number of benzene rings is 1. The van der Waals surface area contributed by atoms with E-state index in [4.69, 9.17) is 0 Å². The van der Waals surface area contributed by atoms with Crippen LogP contribution in [0.3, 0.4) is 0 Å². The molecule has 2 rings (SSSR count). The molecule has 1 N–H and O–H groups in total. The number of rotatable bonds is 5. The Morgan fingerprint density at radius 3 is 2.84 bits per heavy atom. The number of hydrogen-bond acceptors (Lipinski definition) is 4. The first-order valence-corrected chi connectivity index (χ1v) is 6.96. The van der Waals surface area contributed by atoms with Gasteiger partial charge in [0, 0.05) is 0 Å². The van der Waals surface area contributed by atoms with Crippen LogP contribution in [-0.2, 0) is 0 Å². The Morgan fingerprint density at radius 1 is 1.32 bits per heavy atom. The summed E-state index contributed by atoms with van der Waals surface area (Å²) in [5, 5.41) is 12.4. The summed E-state index contributed by atoms with van der Waals surface area (Å²) in [5.41, 5.74) is 0.159. The standard InChI is InChI=1S/C13H15F2N3S/c1-3-7-16-8(2)12-17-18-13(19-12)9-5-4-6-10(14)11(9)15/h4-6,8,16H,3,7H2,1-2H3. The van der Waals surface area contributed by atoms with E-state index in [1.807, 2.05) is 6.92 Å². The van der Waals surface area contributed by atoms with Crippen molar-refractivity contribution in [2.24, 2.45) is 0 Å². The highest BCUT2D eigenvalue weighted by molar-refractivity contribution is 7.14. The zero-order valence-electron chi connectivity index (χ0n) is 10.8. The van der Waals surface area contributed by atoms with E-state index in [0.29, 0.717) is 5.01 Å². The van der Waals surface area contributed by atoms with E-state index in [9.17, 15) is 8.78 Å². The fourth-order valence-electron chi connectivity index (χ4n) is 1.64. The SMILES string of the molecule is CCCNC(C)c1nnc(-c2cccc(F)c2F)s1. The predicted molar refractivity (Wildman–Crippen MR) is 72.0 cm³/mol. The predicted octanol–water partition coefficient (Wildman–Crippen LogP) is 3.54. The number of hydrogen-bond donors (Lipinski definition) is 1. The van der Waals surface area contributed by atoms with Crippen LogP contribution in [0.2, 0.25) is 0 Å². The highest BCUT2D eigenvalue weighted by Gasteiger charge is 2.16. The monoisotopic (exact) mass is 283 g/mol. The van der Waals surface area contributed by atoms with E-state index in [-0.39, 0.29) is 11.6 Å². The topological polar surface area (TPSA) is 37.8 Å². The summed E-state index contributed by atoms with van der Waals surface area (Å²) in [4.78, 5) is 0. The normalized spacial score (nSPS) is 12.6. The molecule has 1 atom stereocenters. The molecule has 0 spiro atoms. The first kappa shape index (κ1) is 14.0. The Morgan fingerprint density at radius 2 is 2.11 bits per heavy atom. The van der Waals surface area contributed by atoms with Gasteiger partial charge in [-0.05, 0) is 32.0 Å². The van der Waals surface area contributed by atoms with E-state index >= 15 is 0 Å². The molecular weight excluding hydrogens is 268 g/mol. The summed E-state index contributed by atoms with van der Waals surface area (Å²) < 4.78 is 26.8. The maximum atomic E-state index is 13.6. The van der Waals surface area contributed by atoms with E-state index < -0.39 is 11.6 Å². The summed E-state index contributed by atoms with van der Waals surface area (Å²) in [5.74, 6) is -1.74. The van der Waals surface area contributed by atoms with Gasteiger partial charge >= 0.3 is 0 Å². The third-order valence-electron chi connectivity index (χ3n) is 2.69. The lowest BCUT2D eigenvalue weighted by atomic mass is 10.2. The van der Waals surface area contributed by atoms with Crippen molar-refractivity contribution < 1.29 is 8.78 Å². The van der Waals surface area contributed by atoms with Crippen LogP contribution < -0.4 is 5.32 Å². The Balaban J connectivity index is 2.23. The van der Waals surface area contributed by atoms with Crippen LogP contribution in [0.4, 0.5) is 8.78 Å². The number of nitrogens with one attached hydrogen (secondary N) is 1. The van der Waals surface area contributed by atoms with Crippen molar-refractivity contribution >= 4 is 11.3 Å². The first-order chi connectivity index (χ1) is 9.13. The average Bonchev–Trinajstić information content (AvgIpc) is 2.88. The molecule has 0 bridgehead atoms. The van der Waals surface area contributed by atoms with Crippen molar-refractivity contribution in [3.8, 4) is 10.6 Å². The second-order valence-electron chi connectivity index (χ2n) is 4.22. The molecule has 2 aromatic rings. The zero-order valence-corrected chi connectivity index (χ0v) is 11.6. The molecule has 1 aromatic heterocycles. The van der Waals surface area contributed by atoms with Gasteiger partial charge in [-0.3, -0.25) is 0 Å². The van der Waals surface area contributed by atoms with E-state index in [0.717, 1.165) is 24.0 Å². The molecule has 0 aliphatic rings. The van der Waals surface area contributed by atoms with Gasteiger partial charge in [0.15, 0.2) is 16.6 Å². The summed E-state index contributed by atoms with van der Waals surface area (Å²) in [6, 6.07) is 4.12. The van der Waals surface area contributed by atoms with E-state index in [1.165, 1.54) is 23.5 Å². The molecule has 0 aliphatic carbocycles. The van der Waals surface area contributed by atoms with Crippen LogP contribution in [0.5, 0.6) is 0 Å². The molecule has 19 heavy (non-hydrogen) atoms. The summed E-state index contributed by atoms with van der Waals surface area (Å²) in [6.07, 6.45) is 1.02. The molecule has 0 saturated heterocycles. The smallest absolute Gasteiger partial charge is 0.169 e. The van der Waals surface area contributed by atoms with Crippen molar-refractivity contribution in [3.63, 3.8) is 0 Å². The van der Waals surface area contributed by atoms with Crippen LogP contribution >= 0.6 is 11.3 Å². The molecule has 1 unspecified atom stereocenters. The molecule has 0 amide bonds. The molecular formula is C13H15F2N3S. The van der Waals surface area contributed by atoms with Gasteiger partial charge in [-0.2, -0.15) is 0 Å². The van der Waals surface area contributed by atoms with Gasteiger partial charge in [-0.15, -0.1) is 10.2 Å². The molecule has 102 valence electrons. The minimum absolute atomic E-state index is 0.0582. The lowest BCUT2D eigenvalue weighted by Crippen LogP contribution is -2.18. The van der Waals surface area contributed by atoms with Gasteiger partial charge < -0.3 is 5.32 Å². The van der Waals surface area contributed by atoms with Gasteiger partial charge in [-0.25, -0.2) is 8.78 Å². The summed E-state index contributed by atoms with van der Waals surface area (Å²) in [6.45, 7) is 4.93. The maximum Gasteiger partial charge on any atom is 0.169 e. The van der Waals surface area contributed by atoms with Crippen LogP contribution in [-0.4, -0.2) is 16.7 Å². The second-order valence-corrected chi connectivity index (χ2v) is 5.23. The third kappa shape index (κ3) is 3.13. The van der Waals surface area contributed by atoms with Gasteiger partial charge in [0.25, 0.3) is 0 Å². The van der Waals surface area contributed by atoms with E-state index in [1.54, 1.807) is 0 Å². The Kier molecular flexibility index (Phi) is 4.55. The van der Waals surface area contributed by atoms with Crippen LogP contribution in [0.15, 0.2) is 18.2 Å². The molecule has 3 nitrogen and oxygen atoms in total. The van der Waals surface area contributed by atoms with Crippen molar-refractivity contribution in [2.75, 3.05) is 6.54 Å². The minimum atomic E-state index is -0.876. The van der Waals surface area contributed by atoms with Crippen molar-refractivity contribution in [1.82, 2.24) is 15.5 Å². The lowest BCUT2D eigenvalue weighted by Gasteiger charge is -2.08. The lowest BCUT2D eigenvalue weighted by molar-refractivity contribution is 0.511. The highest BCUT2D eigenvalue weighted by atomic mass is 32.1. The van der Waals surface area contributed by atoms with Crippen molar-refractivity contribution in [3.05, 3.63) is 34.8 Å². The van der Waals surface area contributed by atoms with Gasteiger partial charge in [-0.1, -0.05) is 24.3 Å². The molecule has 1 aromatic carbocycles. The largest absolute Gasteiger partial charge is 0.308 e. The van der Waals surface area contributed by atoms with Crippen LogP contribution in [0, 0.1) is 11.6 Å². The fourth-order valence-corrected chi connectivity index (χ4v) is 2.52. The molecule has 0 fully saturated rings. The molecule has 6 heteroatoms. The Hall–Kier alpha value is -1.40. The molecule has 1 heterocycles. The molecule has 0 radical (unpaired) electrons. The van der Waals surface area contributed by atoms with Crippen molar-refractivity contribution in [2.45, 2.75) is 26.3 Å². The summed E-state index contributed by atoms with van der Waals surface area (Å²) >= 11 is 1.28. The average molecular weight is 283 g/mol. The third-order valence-corrected chi connectivity index (χ3v) is 3.83. The quantitative estimate of drug-likeness (QED) is 0.912. The Labute approximate surface area is 114 Å². The zero-order chi connectivity index (χ0) is 13.8.